The Morgan fingerprint density at radius 2 is 1.26 bits per heavy atom. The summed E-state index contributed by atoms with van der Waals surface area (Å²) in [5, 5.41) is 0.463. The van der Waals surface area contributed by atoms with Crippen LogP contribution in [0.5, 0.6) is 0 Å². The van der Waals surface area contributed by atoms with Gasteiger partial charge in [-0.3, -0.25) is 9.97 Å². The first-order valence-electron chi connectivity index (χ1n) is 10.4. The molecule has 2 aromatic carbocycles. The molecule has 4 rings (SSSR count). The summed E-state index contributed by atoms with van der Waals surface area (Å²) in [5.41, 5.74) is 4.55. The lowest BCUT2D eigenvalue weighted by molar-refractivity contribution is 0.600. The van der Waals surface area contributed by atoms with E-state index in [0.29, 0.717) is 16.4 Å². The fourth-order valence-corrected chi connectivity index (χ4v) is 4.84. The van der Waals surface area contributed by atoms with Gasteiger partial charge in [-0.1, -0.05) is 41.9 Å². The van der Waals surface area contributed by atoms with Gasteiger partial charge in [-0.2, -0.15) is 0 Å². The van der Waals surface area contributed by atoms with E-state index in [2.05, 4.69) is 9.97 Å². The maximum absolute atomic E-state index is 11.8. The van der Waals surface area contributed by atoms with E-state index in [4.69, 9.17) is 11.6 Å². The number of hydrogen-bond donors (Lipinski definition) is 0. The maximum Gasteiger partial charge on any atom is 0.175 e. The summed E-state index contributed by atoms with van der Waals surface area (Å²) in [7, 11) is -6.53. The molecule has 0 amide bonds. The van der Waals surface area contributed by atoms with Gasteiger partial charge in [0.2, 0.25) is 0 Å². The predicted octanol–water partition coefficient (Wildman–Crippen LogP) is 5.44. The number of hydrogen-bond acceptors (Lipinski definition) is 6. The van der Waals surface area contributed by atoms with Crippen LogP contribution in [-0.4, -0.2) is 39.3 Å². The van der Waals surface area contributed by atoms with Gasteiger partial charge in [-0.15, -0.1) is 0 Å². The first-order valence-corrected chi connectivity index (χ1v) is 14.6. The Morgan fingerprint density at radius 1 is 0.686 bits per heavy atom. The molecule has 0 atom stereocenters. The lowest BCUT2D eigenvalue weighted by atomic mass is 10.0. The van der Waals surface area contributed by atoms with Crippen LogP contribution >= 0.6 is 11.6 Å². The lowest BCUT2D eigenvalue weighted by Gasteiger charge is -2.10. The van der Waals surface area contributed by atoms with Crippen LogP contribution in [0.3, 0.4) is 0 Å². The summed E-state index contributed by atoms with van der Waals surface area (Å²) in [4.78, 5) is 9.50. The smallest absolute Gasteiger partial charge is 0.175 e. The van der Waals surface area contributed by atoms with Crippen LogP contribution in [0.1, 0.15) is 11.3 Å². The summed E-state index contributed by atoms with van der Waals surface area (Å²) in [6.07, 6.45) is 9.29. The average molecular weight is 525 g/mol. The second kappa shape index (κ2) is 9.73. The van der Waals surface area contributed by atoms with Crippen LogP contribution in [-0.2, 0) is 19.7 Å². The van der Waals surface area contributed by atoms with Gasteiger partial charge < -0.3 is 0 Å². The van der Waals surface area contributed by atoms with Crippen LogP contribution in [0.25, 0.3) is 34.5 Å². The Hall–Kier alpha value is -3.33. The molecule has 0 radical (unpaired) electrons. The zero-order valence-electron chi connectivity index (χ0n) is 18.9. The fourth-order valence-electron chi connectivity index (χ4n) is 3.42. The average Bonchev–Trinajstić information content (AvgIpc) is 2.82. The largest absolute Gasteiger partial charge is 0.256 e. The molecule has 2 heterocycles. The van der Waals surface area contributed by atoms with E-state index < -0.39 is 19.7 Å². The SMILES string of the molecule is CS(=O)(=O)c1ccc(/C=C/c2ccc(-c3ncc(Cl)cc3-c3ccc(S(C)(=O)=O)cc3)cn2)cc1. The van der Waals surface area contributed by atoms with Crippen molar-refractivity contribution in [2.75, 3.05) is 12.5 Å². The third-order valence-corrected chi connectivity index (χ3v) is 7.73. The van der Waals surface area contributed by atoms with E-state index in [1.165, 1.54) is 12.5 Å². The van der Waals surface area contributed by atoms with E-state index in [9.17, 15) is 16.8 Å². The van der Waals surface area contributed by atoms with Gasteiger partial charge in [0.1, 0.15) is 0 Å². The molecule has 0 N–H and O–H groups in total. The minimum absolute atomic E-state index is 0.238. The molecule has 0 saturated heterocycles. The van der Waals surface area contributed by atoms with Gasteiger partial charge in [-0.05, 0) is 59.7 Å². The number of nitrogens with zero attached hydrogens (tertiary/aromatic N) is 2. The zero-order valence-corrected chi connectivity index (χ0v) is 21.3. The van der Waals surface area contributed by atoms with Crippen LogP contribution in [0.2, 0.25) is 5.02 Å². The molecule has 2 aromatic heterocycles. The van der Waals surface area contributed by atoms with E-state index >= 15 is 0 Å². The van der Waals surface area contributed by atoms with Crippen molar-refractivity contribution < 1.29 is 16.8 Å². The van der Waals surface area contributed by atoms with Crippen LogP contribution < -0.4 is 0 Å². The van der Waals surface area contributed by atoms with Crippen molar-refractivity contribution in [2.45, 2.75) is 9.79 Å². The summed E-state index contributed by atoms with van der Waals surface area (Å²) < 4.78 is 46.8. The lowest BCUT2D eigenvalue weighted by Crippen LogP contribution is -1.97. The Balaban J connectivity index is 1.60. The second-order valence-corrected chi connectivity index (χ2v) is 12.5. The standard InChI is InChI=1S/C26H21ClN2O4S2/c1-34(30,31)23-11-4-18(5-12-23)3-9-22-10-6-20(16-28-22)26-25(15-21(27)17-29-26)19-7-13-24(14-8-19)35(2,32)33/h3-17H,1-2H3/b9-3+. The minimum Gasteiger partial charge on any atom is -0.256 e. The van der Waals surface area contributed by atoms with Crippen LogP contribution in [0, 0.1) is 0 Å². The highest BCUT2D eigenvalue weighted by molar-refractivity contribution is 7.91. The molecular formula is C26H21ClN2O4S2. The Morgan fingerprint density at radius 3 is 1.80 bits per heavy atom. The normalized spacial score (nSPS) is 12.2. The quantitative estimate of drug-likeness (QED) is 0.333. The summed E-state index contributed by atoms with van der Waals surface area (Å²) >= 11 is 6.20. The monoisotopic (exact) mass is 524 g/mol. The zero-order chi connectivity index (χ0) is 25.2. The first-order chi connectivity index (χ1) is 16.5. The highest BCUT2D eigenvalue weighted by atomic mass is 35.5. The first kappa shape index (κ1) is 24.8. The fraction of sp³-hybridized carbons (Fsp3) is 0.0769. The highest BCUT2D eigenvalue weighted by Gasteiger charge is 2.13. The summed E-state index contributed by atoms with van der Waals surface area (Å²) in [6.45, 7) is 0. The van der Waals surface area contributed by atoms with Crippen molar-refractivity contribution in [2.24, 2.45) is 0 Å². The molecule has 0 aliphatic rings. The van der Waals surface area contributed by atoms with E-state index in [1.807, 2.05) is 24.3 Å². The second-order valence-electron chi connectivity index (χ2n) is 7.99. The molecule has 0 unspecified atom stereocenters. The van der Waals surface area contributed by atoms with Gasteiger partial charge in [0, 0.05) is 36.0 Å². The molecule has 0 bridgehead atoms. The molecule has 9 heteroatoms. The maximum atomic E-state index is 11.8. The molecule has 0 fully saturated rings. The Kier molecular flexibility index (Phi) is 6.89. The molecule has 6 nitrogen and oxygen atoms in total. The van der Waals surface area contributed by atoms with Gasteiger partial charge in [0.05, 0.1) is 26.2 Å². The molecule has 0 aliphatic carbocycles. The summed E-state index contributed by atoms with van der Waals surface area (Å²) in [5.74, 6) is 0. The van der Waals surface area contributed by atoms with Crippen molar-refractivity contribution in [3.63, 3.8) is 0 Å². The van der Waals surface area contributed by atoms with Gasteiger partial charge >= 0.3 is 0 Å². The minimum atomic E-state index is -3.30. The Labute approximate surface area is 209 Å². The molecule has 178 valence electrons. The van der Waals surface area contributed by atoms with Crippen molar-refractivity contribution in [3.8, 4) is 22.4 Å². The number of halogens is 1. The third kappa shape index (κ3) is 6.03. The predicted molar refractivity (Wildman–Crippen MR) is 140 cm³/mol. The third-order valence-electron chi connectivity index (χ3n) is 5.26. The van der Waals surface area contributed by atoms with E-state index in [1.54, 1.807) is 67.0 Å². The Bertz CT molecular complexity index is 1610. The van der Waals surface area contributed by atoms with Crippen LogP contribution in [0.4, 0.5) is 0 Å². The van der Waals surface area contributed by atoms with E-state index in [0.717, 1.165) is 22.3 Å². The van der Waals surface area contributed by atoms with Crippen molar-refractivity contribution in [3.05, 3.63) is 95.4 Å². The van der Waals surface area contributed by atoms with E-state index in [-0.39, 0.29) is 9.79 Å². The van der Waals surface area contributed by atoms with Crippen LogP contribution in [0.15, 0.2) is 88.9 Å². The molecule has 35 heavy (non-hydrogen) atoms. The van der Waals surface area contributed by atoms with Gasteiger partial charge in [-0.25, -0.2) is 16.8 Å². The molecule has 0 spiro atoms. The molecule has 0 aliphatic heterocycles. The van der Waals surface area contributed by atoms with Crippen molar-refractivity contribution in [1.29, 1.82) is 0 Å². The highest BCUT2D eigenvalue weighted by Crippen LogP contribution is 2.32. The van der Waals surface area contributed by atoms with Gasteiger partial charge in [0.15, 0.2) is 19.7 Å². The number of rotatable bonds is 6. The van der Waals surface area contributed by atoms with Gasteiger partial charge in [0.25, 0.3) is 0 Å². The number of aromatic nitrogens is 2. The topological polar surface area (TPSA) is 94.1 Å². The number of benzene rings is 2. The summed E-state index contributed by atoms with van der Waals surface area (Å²) in [6, 6.07) is 18.7. The molecule has 0 saturated carbocycles. The molecule has 4 aromatic rings. The van der Waals surface area contributed by atoms with Crippen molar-refractivity contribution in [1.82, 2.24) is 9.97 Å². The molecular weight excluding hydrogens is 504 g/mol. The number of sulfone groups is 2. The number of pyridine rings is 2. The van der Waals surface area contributed by atoms with Crippen molar-refractivity contribution >= 4 is 43.4 Å².